The van der Waals surface area contributed by atoms with Crippen molar-refractivity contribution in [1.82, 2.24) is 0 Å². The molecular weight excluding hydrogens is 219 g/mol. The highest BCUT2D eigenvalue weighted by Gasteiger charge is 2.08. The third-order valence-electron chi connectivity index (χ3n) is 2.08. The average Bonchev–Trinajstić information content (AvgIpc) is 2.56. The van der Waals surface area contributed by atoms with E-state index < -0.39 is 0 Å². The Morgan fingerprint density at radius 1 is 1.21 bits per heavy atom. The summed E-state index contributed by atoms with van der Waals surface area (Å²) in [7, 11) is 0. The molecule has 1 aromatic heterocycles. The van der Waals surface area contributed by atoms with Crippen LogP contribution in [0, 0.1) is 12.7 Å². The van der Waals surface area contributed by atoms with Crippen molar-refractivity contribution in [1.29, 1.82) is 0 Å². The number of hydrogen-bond acceptors (Lipinski definition) is 1. The molecule has 0 saturated carbocycles. The van der Waals surface area contributed by atoms with Gasteiger partial charge in [-0.3, -0.25) is 0 Å². The largest absolute Gasteiger partial charge is 0.206 e. The monoisotopic (exact) mass is 226 g/mol. The fourth-order valence-electron chi connectivity index (χ4n) is 1.37. The van der Waals surface area contributed by atoms with Crippen molar-refractivity contribution in [2.75, 3.05) is 0 Å². The van der Waals surface area contributed by atoms with Gasteiger partial charge in [0.15, 0.2) is 0 Å². The summed E-state index contributed by atoms with van der Waals surface area (Å²) in [6, 6.07) is 6.53. The zero-order valence-corrected chi connectivity index (χ0v) is 9.12. The van der Waals surface area contributed by atoms with Crippen LogP contribution < -0.4 is 0 Å². The van der Waals surface area contributed by atoms with Gasteiger partial charge < -0.3 is 0 Å². The first-order chi connectivity index (χ1) is 6.68. The molecule has 0 bridgehead atoms. The van der Waals surface area contributed by atoms with Crippen LogP contribution in [-0.4, -0.2) is 0 Å². The van der Waals surface area contributed by atoms with E-state index >= 15 is 0 Å². The molecule has 0 N–H and O–H groups in total. The SMILES string of the molecule is Cc1sccc1-c1cc(Cl)ccc1F. The number of halogens is 2. The smallest absolute Gasteiger partial charge is 0.131 e. The van der Waals surface area contributed by atoms with Gasteiger partial charge >= 0.3 is 0 Å². The van der Waals surface area contributed by atoms with Gasteiger partial charge in [0.05, 0.1) is 0 Å². The van der Waals surface area contributed by atoms with Crippen molar-refractivity contribution in [3.8, 4) is 11.1 Å². The summed E-state index contributed by atoms with van der Waals surface area (Å²) < 4.78 is 13.5. The van der Waals surface area contributed by atoms with Gasteiger partial charge in [-0.1, -0.05) is 11.6 Å². The Morgan fingerprint density at radius 2 is 2.00 bits per heavy atom. The summed E-state index contributed by atoms with van der Waals surface area (Å²) in [4.78, 5) is 1.10. The summed E-state index contributed by atoms with van der Waals surface area (Å²) >= 11 is 7.43. The molecule has 0 aliphatic carbocycles. The Bertz CT molecular complexity index is 462. The lowest BCUT2D eigenvalue weighted by molar-refractivity contribution is 0.631. The van der Waals surface area contributed by atoms with Crippen molar-refractivity contribution >= 4 is 22.9 Å². The van der Waals surface area contributed by atoms with Gasteiger partial charge in [0.2, 0.25) is 0 Å². The summed E-state index contributed by atoms with van der Waals surface area (Å²) in [5, 5.41) is 2.51. The quantitative estimate of drug-likeness (QED) is 0.671. The Morgan fingerprint density at radius 3 is 2.64 bits per heavy atom. The van der Waals surface area contributed by atoms with Crippen LogP contribution in [0.25, 0.3) is 11.1 Å². The van der Waals surface area contributed by atoms with Gasteiger partial charge in [0.25, 0.3) is 0 Å². The Hall–Kier alpha value is -0.860. The minimum atomic E-state index is -0.226. The first-order valence-electron chi connectivity index (χ1n) is 4.18. The second-order valence-electron chi connectivity index (χ2n) is 3.01. The standard InChI is InChI=1S/C11H8ClFS/c1-7-9(4-5-14-7)10-6-8(12)2-3-11(10)13/h2-6H,1H3. The first-order valence-corrected chi connectivity index (χ1v) is 5.44. The second-order valence-corrected chi connectivity index (χ2v) is 4.57. The summed E-state index contributed by atoms with van der Waals surface area (Å²) in [6.45, 7) is 1.97. The average molecular weight is 227 g/mol. The van der Waals surface area contributed by atoms with Crippen LogP contribution in [0.5, 0.6) is 0 Å². The molecule has 0 aliphatic rings. The van der Waals surface area contributed by atoms with Crippen LogP contribution in [0.4, 0.5) is 4.39 Å². The third kappa shape index (κ3) is 1.68. The Kier molecular flexibility index (Phi) is 2.57. The van der Waals surface area contributed by atoms with Crippen molar-refractivity contribution < 1.29 is 4.39 Å². The third-order valence-corrected chi connectivity index (χ3v) is 3.16. The van der Waals surface area contributed by atoms with Crippen LogP contribution in [0.3, 0.4) is 0 Å². The molecule has 2 aromatic rings. The molecule has 0 fully saturated rings. The molecule has 0 radical (unpaired) electrons. The highest BCUT2D eigenvalue weighted by molar-refractivity contribution is 7.10. The molecular formula is C11H8ClFS. The van der Waals surface area contributed by atoms with Gasteiger partial charge in [0, 0.05) is 15.5 Å². The van der Waals surface area contributed by atoms with Crippen LogP contribution in [0.1, 0.15) is 4.88 Å². The fraction of sp³-hybridized carbons (Fsp3) is 0.0909. The molecule has 0 unspecified atom stereocenters. The summed E-state index contributed by atoms with van der Waals surface area (Å²) in [5.41, 5.74) is 1.51. The number of hydrogen-bond donors (Lipinski definition) is 0. The summed E-state index contributed by atoms with van der Waals surface area (Å²) in [6.07, 6.45) is 0. The van der Waals surface area contributed by atoms with Crippen molar-refractivity contribution in [3.05, 3.63) is 45.4 Å². The van der Waals surface area contributed by atoms with Crippen LogP contribution in [0.15, 0.2) is 29.6 Å². The van der Waals surface area contributed by atoms with Gasteiger partial charge in [-0.2, -0.15) is 0 Å². The maximum Gasteiger partial charge on any atom is 0.131 e. The lowest BCUT2D eigenvalue weighted by Crippen LogP contribution is -1.83. The molecule has 0 spiro atoms. The first kappa shape index (κ1) is 9.69. The molecule has 3 heteroatoms. The van der Waals surface area contributed by atoms with E-state index in [1.54, 1.807) is 23.5 Å². The lowest BCUT2D eigenvalue weighted by atomic mass is 10.1. The number of aryl methyl sites for hydroxylation is 1. The molecule has 2 rings (SSSR count). The zero-order chi connectivity index (χ0) is 10.1. The van der Waals surface area contributed by atoms with E-state index in [0.717, 1.165) is 10.4 Å². The van der Waals surface area contributed by atoms with E-state index in [0.29, 0.717) is 10.6 Å². The predicted molar refractivity (Wildman–Crippen MR) is 59.5 cm³/mol. The zero-order valence-electron chi connectivity index (χ0n) is 7.55. The van der Waals surface area contributed by atoms with Gasteiger partial charge in [-0.15, -0.1) is 11.3 Å². The summed E-state index contributed by atoms with van der Waals surface area (Å²) in [5.74, 6) is -0.226. The minimum Gasteiger partial charge on any atom is -0.206 e. The van der Waals surface area contributed by atoms with Gasteiger partial charge in [0.1, 0.15) is 5.82 Å². The van der Waals surface area contributed by atoms with Gasteiger partial charge in [-0.05, 0) is 42.1 Å². The Balaban J connectivity index is 2.62. The molecule has 1 heterocycles. The molecule has 0 nitrogen and oxygen atoms in total. The van der Waals surface area contributed by atoms with Crippen LogP contribution in [0.2, 0.25) is 5.02 Å². The number of rotatable bonds is 1. The van der Waals surface area contributed by atoms with E-state index in [2.05, 4.69) is 0 Å². The number of benzene rings is 1. The normalized spacial score (nSPS) is 10.5. The molecule has 1 aromatic carbocycles. The molecule has 72 valence electrons. The van der Waals surface area contributed by atoms with Gasteiger partial charge in [-0.25, -0.2) is 4.39 Å². The Labute approximate surface area is 91.0 Å². The van der Waals surface area contributed by atoms with E-state index in [4.69, 9.17) is 11.6 Å². The maximum atomic E-state index is 13.5. The van der Waals surface area contributed by atoms with Crippen molar-refractivity contribution in [2.24, 2.45) is 0 Å². The highest BCUT2D eigenvalue weighted by atomic mass is 35.5. The van der Waals surface area contributed by atoms with Crippen LogP contribution in [-0.2, 0) is 0 Å². The van der Waals surface area contributed by atoms with E-state index in [1.807, 2.05) is 18.4 Å². The minimum absolute atomic E-state index is 0.226. The molecule has 0 saturated heterocycles. The fourth-order valence-corrected chi connectivity index (χ4v) is 2.25. The van der Waals surface area contributed by atoms with Crippen molar-refractivity contribution in [3.63, 3.8) is 0 Å². The second kappa shape index (κ2) is 3.71. The molecule has 0 aliphatic heterocycles. The van der Waals surface area contributed by atoms with E-state index in [9.17, 15) is 4.39 Å². The lowest BCUT2D eigenvalue weighted by Gasteiger charge is -2.02. The number of thiophene rings is 1. The molecule has 14 heavy (non-hydrogen) atoms. The highest BCUT2D eigenvalue weighted by Crippen LogP contribution is 2.31. The van der Waals surface area contributed by atoms with E-state index in [1.165, 1.54) is 6.07 Å². The van der Waals surface area contributed by atoms with Crippen molar-refractivity contribution in [2.45, 2.75) is 6.92 Å². The van der Waals surface area contributed by atoms with E-state index in [-0.39, 0.29) is 5.82 Å². The van der Waals surface area contributed by atoms with Crippen LogP contribution >= 0.6 is 22.9 Å². The predicted octanol–water partition coefficient (Wildman–Crippen LogP) is 4.52. The molecule has 0 atom stereocenters. The topological polar surface area (TPSA) is 0 Å². The molecule has 0 amide bonds. The maximum absolute atomic E-state index is 13.5.